The number of ether oxygens (including phenoxy) is 2. The van der Waals surface area contributed by atoms with E-state index in [2.05, 4.69) is 4.90 Å². The van der Waals surface area contributed by atoms with Gasteiger partial charge in [-0.2, -0.15) is 0 Å². The minimum atomic E-state index is -0.631. The minimum Gasteiger partial charge on any atom is -0.497 e. The quantitative estimate of drug-likeness (QED) is 0.634. The smallest absolute Gasteiger partial charge is 0.349 e. The van der Waals surface area contributed by atoms with Crippen LogP contribution in [0, 0.1) is 0 Å². The summed E-state index contributed by atoms with van der Waals surface area (Å²) in [5, 5.41) is 0.686. The topological polar surface area (TPSA) is 72.2 Å². The van der Waals surface area contributed by atoms with Crippen LogP contribution in [0.4, 0.5) is 5.69 Å². The van der Waals surface area contributed by atoms with Crippen LogP contribution >= 0.6 is 0 Å². The van der Waals surface area contributed by atoms with Gasteiger partial charge in [-0.1, -0.05) is 0 Å². The summed E-state index contributed by atoms with van der Waals surface area (Å²) in [6.07, 6.45) is 0. The molecule has 0 N–H and O–H groups in total. The first-order chi connectivity index (χ1) is 14.1. The van der Waals surface area contributed by atoms with Crippen molar-refractivity contribution in [2.45, 2.75) is 0 Å². The Bertz CT molecular complexity index is 1080. The summed E-state index contributed by atoms with van der Waals surface area (Å²) in [5.74, 6) is 1.10. The summed E-state index contributed by atoms with van der Waals surface area (Å²) >= 11 is 0. The Balaban J connectivity index is 1.49. The van der Waals surface area contributed by atoms with Gasteiger partial charge in [0.2, 0.25) is 0 Å². The third-order valence-electron chi connectivity index (χ3n) is 5.18. The molecule has 0 aliphatic carbocycles. The SMILES string of the molecule is COc1ccc(N2CCN(C(=O)c3cc4ccc(OC)cc4oc3=O)CC2)cc1. The molecule has 0 atom stereocenters. The van der Waals surface area contributed by atoms with E-state index in [-0.39, 0.29) is 11.5 Å². The van der Waals surface area contributed by atoms with Crippen LogP contribution < -0.4 is 20.0 Å². The molecular weight excluding hydrogens is 372 g/mol. The Labute approximate surface area is 168 Å². The molecule has 150 valence electrons. The number of anilines is 1. The Morgan fingerprint density at radius 3 is 2.21 bits per heavy atom. The van der Waals surface area contributed by atoms with Gasteiger partial charge in [0, 0.05) is 43.3 Å². The van der Waals surface area contributed by atoms with Crippen LogP contribution in [0.1, 0.15) is 10.4 Å². The zero-order valence-corrected chi connectivity index (χ0v) is 16.4. The molecule has 2 aromatic carbocycles. The highest BCUT2D eigenvalue weighted by molar-refractivity contribution is 5.97. The summed E-state index contributed by atoms with van der Waals surface area (Å²) in [6, 6.07) is 14.6. The molecule has 1 aliphatic heterocycles. The molecule has 29 heavy (non-hydrogen) atoms. The second kappa shape index (κ2) is 7.87. The Hall–Kier alpha value is -3.48. The molecule has 0 radical (unpaired) electrons. The van der Waals surface area contributed by atoms with Crippen LogP contribution in [0.25, 0.3) is 11.0 Å². The van der Waals surface area contributed by atoms with Gasteiger partial charge in [0.15, 0.2) is 0 Å². The summed E-state index contributed by atoms with van der Waals surface area (Å²) in [7, 11) is 3.18. The van der Waals surface area contributed by atoms with Crippen molar-refractivity contribution in [3.05, 3.63) is 64.5 Å². The Morgan fingerprint density at radius 1 is 0.897 bits per heavy atom. The fourth-order valence-corrected chi connectivity index (χ4v) is 3.50. The van der Waals surface area contributed by atoms with Crippen molar-refractivity contribution in [3.8, 4) is 11.5 Å². The molecule has 0 bridgehead atoms. The second-order valence-corrected chi connectivity index (χ2v) is 6.83. The molecule has 1 aromatic heterocycles. The highest BCUT2D eigenvalue weighted by Gasteiger charge is 2.25. The fourth-order valence-electron chi connectivity index (χ4n) is 3.50. The number of methoxy groups -OCH3 is 2. The van der Waals surface area contributed by atoms with E-state index in [1.165, 1.54) is 0 Å². The number of fused-ring (bicyclic) bond motifs is 1. The fraction of sp³-hybridized carbons (Fsp3) is 0.273. The predicted molar refractivity (Wildman–Crippen MR) is 110 cm³/mol. The molecule has 0 saturated carbocycles. The lowest BCUT2D eigenvalue weighted by atomic mass is 10.1. The largest absolute Gasteiger partial charge is 0.497 e. The average Bonchev–Trinajstić information content (AvgIpc) is 2.78. The highest BCUT2D eigenvalue weighted by Crippen LogP contribution is 2.22. The molecule has 1 saturated heterocycles. The molecule has 4 rings (SSSR count). The molecule has 1 fully saturated rings. The molecule has 2 heterocycles. The second-order valence-electron chi connectivity index (χ2n) is 6.83. The van der Waals surface area contributed by atoms with E-state index in [1.807, 2.05) is 24.3 Å². The molecular formula is C22H22N2O5. The lowest BCUT2D eigenvalue weighted by molar-refractivity contribution is 0.0742. The first-order valence-corrected chi connectivity index (χ1v) is 9.39. The van der Waals surface area contributed by atoms with Gasteiger partial charge in [0.05, 0.1) is 14.2 Å². The van der Waals surface area contributed by atoms with Crippen molar-refractivity contribution in [1.82, 2.24) is 4.90 Å². The van der Waals surface area contributed by atoms with Gasteiger partial charge < -0.3 is 23.7 Å². The average molecular weight is 394 g/mol. The van der Waals surface area contributed by atoms with Crippen molar-refractivity contribution in [1.29, 1.82) is 0 Å². The Morgan fingerprint density at radius 2 is 1.55 bits per heavy atom. The van der Waals surface area contributed by atoms with E-state index >= 15 is 0 Å². The van der Waals surface area contributed by atoms with Crippen molar-refractivity contribution in [2.24, 2.45) is 0 Å². The van der Waals surface area contributed by atoms with Crippen LogP contribution in [0.3, 0.4) is 0 Å². The molecule has 7 nitrogen and oxygen atoms in total. The maximum atomic E-state index is 12.9. The van der Waals surface area contributed by atoms with Crippen LogP contribution in [0.2, 0.25) is 0 Å². The molecule has 0 unspecified atom stereocenters. The number of hydrogen-bond acceptors (Lipinski definition) is 6. The molecule has 1 aliphatic rings. The van der Waals surface area contributed by atoms with E-state index in [9.17, 15) is 9.59 Å². The number of nitrogens with zero attached hydrogens (tertiary/aromatic N) is 2. The van der Waals surface area contributed by atoms with Gasteiger partial charge in [-0.25, -0.2) is 4.79 Å². The van der Waals surface area contributed by atoms with Crippen molar-refractivity contribution in [2.75, 3.05) is 45.3 Å². The lowest BCUT2D eigenvalue weighted by Crippen LogP contribution is -2.49. The van der Waals surface area contributed by atoms with E-state index in [4.69, 9.17) is 13.9 Å². The predicted octanol–water partition coefficient (Wildman–Crippen LogP) is 2.77. The first-order valence-electron chi connectivity index (χ1n) is 9.39. The van der Waals surface area contributed by atoms with Gasteiger partial charge in [0.25, 0.3) is 5.91 Å². The zero-order chi connectivity index (χ0) is 20.4. The van der Waals surface area contributed by atoms with E-state index < -0.39 is 5.63 Å². The summed E-state index contributed by atoms with van der Waals surface area (Å²) in [5.41, 5.74) is 0.904. The van der Waals surface area contributed by atoms with Crippen molar-refractivity contribution >= 4 is 22.6 Å². The zero-order valence-electron chi connectivity index (χ0n) is 16.4. The van der Waals surface area contributed by atoms with Gasteiger partial charge in [-0.3, -0.25) is 4.79 Å². The maximum Gasteiger partial charge on any atom is 0.349 e. The third-order valence-corrected chi connectivity index (χ3v) is 5.18. The van der Waals surface area contributed by atoms with Crippen molar-refractivity contribution in [3.63, 3.8) is 0 Å². The van der Waals surface area contributed by atoms with Gasteiger partial charge in [0.1, 0.15) is 22.6 Å². The van der Waals surface area contributed by atoms with Crippen LogP contribution in [-0.2, 0) is 0 Å². The van der Waals surface area contributed by atoms with Crippen LogP contribution in [-0.4, -0.2) is 51.2 Å². The van der Waals surface area contributed by atoms with Crippen LogP contribution in [0.5, 0.6) is 11.5 Å². The summed E-state index contributed by atoms with van der Waals surface area (Å²) in [4.78, 5) is 29.2. The number of piperazine rings is 1. The number of benzene rings is 2. The Kier molecular flexibility index (Phi) is 5.12. The number of carbonyl (C=O) groups is 1. The number of carbonyl (C=O) groups excluding carboxylic acids is 1. The van der Waals surface area contributed by atoms with E-state index in [1.54, 1.807) is 43.4 Å². The van der Waals surface area contributed by atoms with E-state index in [0.717, 1.165) is 11.4 Å². The normalized spacial score (nSPS) is 14.1. The number of rotatable bonds is 4. The van der Waals surface area contributed by atoms with Crippen LogP contribution in [0.15, 0.2) is 57.7 Å². The van der Waals surface area contributed by atoms with Crippen molar-refractivity contribution < 1.29 is 18.7 Å². The molecule has 7 heteroatoms. The molecule has 1 amide bonds. The summed E-state index contributed by atoms with van der Waals surface area (Å²) < 4.78 is 15.7. The van der Waals surface area contributed by atoms with Gasteiger partial charge in [-0.05, 0) is 42.5 Å². The monoisotopic (exact) mass is 394 g/mol. The van der Waals surface area contributed by atoms with Gasteiger partial charge in [-0.15, -0.1) is 0 Å². The number of amides is 1. The number of hydrogen-bond donors (Lipinski definition) is 0. The summed E-state index contributed by atoms with van der Waals surface area (Å²) in [6.45, 7) is 2.44. The lowest BCUT2D eigenvalue weighted by Gasteiger charge is -2.36. The highest BCUT2D eigenvalue weighted by atomic mass is 16.5. The third kappa shape index (κ3) is 3.76. The van der Waals surface area contributed by atoms with E-state index in [0.29, 0.717) is 42.9 Å². The standard InChI is InChI=1S/C22H22N2O5/c1-27-17-7-4-16(5-8-17)23-9-11-24(12-10-23)21(25)19-13-15-3-6-18(28-2)14-20(15)29-22(19)26/h3-8,13-14H,9-12H2,1-2H3. The molecule has 0 spiro atoms. The molecule has 3 aromatic rings. The first kappa shape index (κ1) is 18.9. The minimum absolute atomic E-state index is 0.0561. The maximum absolute atomic E-state index is 12.9. The van der Waals surface area contributed by atoms with Gasteiger partial charge >= 0.3 is 5.63 Å².